The second kappa shape index (κ2) is 9.38. The van der Waals surface area contributed by atoms with Crippen molar-refractivity contribution in [2.24, 2.45) is 5.92 Å². The van der Waals surface area contributed by atoms with E-state index in [1.165, 1.54) is 32.4 Å². The fraction of sp³-hybridized carbons (Fsp3) is 0.611. The highest BCUT2D eigenvalue weighted by molar-refractivity contribution is 7.89. The summed E-state index contributed by atoms with van der Waals surface area (Å²) in [7, 11) is -0.990. The number of hydrogen-bond donors (Lipinski definition) is 1. The summed E-state index contributed by atoms with van der Waals surface area (Å²) in [6, 6.07) is 4.34. The molecule has 1 heterocycles. The van der Waals surface area contributed by atoms with Crippen LogP contribution in [0.5, 0.6) is 11.5 Å². The van der Waals surface area contributed by atoms with Crippen molar-refractivity contribution in [2.45, 2.75) is 31.6 Å². The van der Waals surface area contributed by atoms with E-state index in [9.17, 15) is 13.2 Å². The number of methoxy groups -OCH3 is 2. The molecule has 1 amide bonds. The number of likely N-dealkylation sites (tertiary alicyclic amines) is 1. The molecule has 27 heavy (non-hydrogen) atoms. The van der Waals surface area contributed by atoms with E-state index in [0.29, 0.717) is 17.4 Å². The lowest BCUT2D eigenvalue weighted by Gasteiger charge is -2.30. The molecule has 1 aromatic rings. The molecule has 0 saturated carbocycles. The number of piperidine rings is 1. The van der Waals surface area contributed by atoms with Gasteiger partial charge in [0.15, 0.2) is 11.5 Å². The highest BCUT2D eigenvalue weighted by Gasteiger charge is 2.27. The summed E-state index contributed by atoms with van der Waals surface area (Å²) < 4.78 is 37.1. The largest absolute Gasteiger partial charge is 0.493 e. The lowest BCUT2D eigenvalue weighted by Crippen LogP contribution is -2.50. The molecule has 8 nitrogen and oxygen atoms in total. The first-order valence-corrected chi connectivity index (χ1v) is 10.5. The number of ether oxygens (including phenoxy) is 2. The molecule has 1 fully saturated rings. The van der Waals surface area contributed by atoms with Crippen LogP contribution in [0.4, 0.5) is 0 Å². The Bertz CT molecular complexity index is 745. The Hall–Kier alpha value is -1.84. The molecular formula is C18H29N3O5S. The number of amides is 1. The Morgan fingerprint density at radius 2 is 1.85 bits per heavy atom. The van der Waals surface area contributed by atoms with Gasteiger partial charge in [0.2, 0.25) is 5.91 Å². The first-order valence-electron chi connectivity index (χ1n) is 9.08. The van der Waals surface area contributed by atoms with Crippen molar-refractivity contribution in [2.75, 3.05) is 40.4 Å². The number of rotatable bonds is 8. The maximum atomic E-state index is 12.9. The average Bonchev–Trinajstić information content (AvgIpc) is 2.67. The minimum absolute atomic E-state index is 0.0223. The second-order valence-electron chi connectivity index (χ2n) is 6.68. The molecular weight excluding hydrogens is 370 g/mol. The smallest absolute Gasteiger partial charge is 0.260 e. The van der Waals surface area contributed by atoms with E-state index < -0.39 is 10.0 Å². The Labute approximate surface area is 161 Å². The molecule has 0 bridgehead atoms. The summed E-state index contributed by atoms with van der Waals surface area (Å²) >= 11 is 0. The fourth-order valence-electron chi connectivity index (χ4n) is 3.01. The van der Waals surface area contributed by atoms with Crippen LogP contribution in [0.1, 0.15) is 26.7 Å². The molecule has 0 unspecified atom stereocenters. The third-order valence-corrected chi connectivity index (χ3v) is 6.50. The molecule has 1 aliphatic heterocycles. The topological polar surface area (TPSA) is 88.2 Å². The van der Waals surface area contributed by atoms with E-state index >= 15 is 0 Å². The zero-order valence-corrected chi connectivity index (χ0v) is 17.2. The van der Waals surface area contributed by atoms with Gasteiger partial charge in [0, 0.05) is 12.6 Å². The highest BCUT2D eigenvalue weighted by atomic mass is 32.2. The maximum Gasteiger partial charge on any atom is 0.260 e. The lowest BCUT2D eigenvalue weighted by molar-refractivity contribution is -0.125. The van der Waals surface area contributed by atoms with Gasteiger partial charge in [0.1, 0.15) is 0 Å². The third kappa shape index (κ3) is 5.33. The van der Waals surface area contributed by atoms with Gasteiger partial charge in [0.25, 0.3) is 10.0 Å². The summed E-state index contributed by atoms with van der Waals surface area (Å²) in [5, 5.41) is 0. The number of hydrogen-bond acceptors (Lipinski definition) is 6. The van der Waals surface area contributed by atoms with Crippen LogP contribution in [0.25, 0.3) is 0 Å². The fourth-order valence-corrected chi connectivity index (χ4v) is 4.32. The van der Waals surface area contributed by atoms with Crippen molar-refractivity contribution >= 4 is 15.9 Å². The summed E-state index contributed by atoms with van der Waals surface area (Å²) in [4.78, 5) is 14.4. The highest BCUT2D eigenvalue weighted by Crippen LogP contribution is 2.30. The molecule has 152 valence electrons. The summed E-state index contributed by atoms with van der Waals surface area (Å²) in [6.45, 7) is 5.86. The number of nitrogens with one attached hydrogen (secondary N) is 1. The van der Waals surface area contributed by atoms with Gasteiger partial charge in [-0.2, -0.15) is 0 Å². The van der Waals surface area contributed by atoms with Crippen molar-refractivity contribution in [3.63, 3.8) is 0 Å². The Balaban J connectivity index is 2.09. The summed E-state index contributed by atoms with van der Waals surface area (Å²) in [5.41, 5.74) is 2.52. The van der Waals surface area contributed by atoms with Gasteiger partial charge in [0.05, 0.1) is 25.7 Å². The van der Waals surface area contributed by atoms with Crippen LogP contribution >= 0.6 is 0 Å². The van der Waals surface area contributed by atoms with Gasteiger partial charge >= 0.3 is 0 Å². The average molecular weight is 400 g/mol. The van der Waals surface area contributed by atoms with Crippen molar-refractivity contribution in [3.05, 3.63) is 18.2 Å². The van der Waals surface area contributed by atoms with E-state index in [1.807, 2.05) is 4.90 Å². The van der Waals surface area contributed by atoms with Crippen LogP contribution in [0, 0.1) is 5.92 Å². The number of nitrogens with zero attached hydrogens (tertiary/aromatic N) is 2. The molecule has 0 aromatic heterocycles. The van der Waals surface area contributed by atoms with Crippen LogP contribution in [0.15, 0.2) is 23.1 Å². The van der Waals surface area contributed by atoms with Crippen molar-refractivity contribution in [1.82, 2.24) is 14.7 Å². The Morgan fingerprint density at radius 1 is 1.22 bits per heavy atom. The van der Waals surface area contributed by atoms with Crippen LogP contribution in [-0.2, 0) is 14.8 Å². The molecule has 1 N–H and O–H groups in total. The summed E-state index contributed by atoms with van der Waals surface area (Å²) in [5.74, 6) is 1.07. The molecule has 1 aliphatic rings. The molecule has 0 spiro atoms. The minimum Gasteiger partial charge on any atom is -0.493 e. The summed E-state index contributed by atoms with van der Waals surface area (Å²) in [6.07, 6.45) is 2.10. The molecule has 0 aliphatic carbocycles. The monoisotopic (exact) mass is 399 g/mol. The van der Waals surface area contributed by atoms with Crippen LogP contribution in [0.2, 0.25) is 0 Å². The van der Waals surface area contributed by atoms with E-state index in [0.717, 1.165) is 30.3 Å². The van der Waals surface area contributed by atoms with Gasteiger partial charge in [-0.3, -0.25) is 15.1 Å². The Kier molecular flexibility index (Phi) is 7.46. The molecule has 1 aromatic carbocycles. The quantitative estimate of drug-likeness (QED) is 0.666. The van der Waals surface area contributed by atoms with Crippen LogP contribution < -0.4 is 14.9 Å². The zero-order valence-electron chi connectivity index (χ0n) is 16.4. The second-order valence-corrected chi connectivity index (χ2v) is 8.54. The molecule has 0 radical (unpaired) electrons. The number of hydrazine groups is 1. The molecule has 9 heteroatoms. The van der Waals surface area contributed by atoms with E-state index in [1.54, 1.807) is 6.92 Å². The predicted molar refractivity (Wildman–Crippen MR) is 102 cm³/mol. The first kappa shape index (κ1) is 21.5. The SMILES string of the molecule is CCN(NC(=O)CN1CCC(C)CC1)S(=O)(=O)c1ccc(OC)c(OC)c1. The normalized spacial score (nSPS) is 16.3. The lowest BCUT2D eigenvalue weighted by atomic mass is 9.99. The minimum atomic E-state index is -3.91. The standard InChI is InChI=1S/C18H29N3O5S/c1-5-21(19-18(22)13-20-10-8-14(2)9-11-20)27(23,24)15-6-7-16(25-3)17(12-15)26-4/h6-7,12,14H,5,8-11,13H2,1-4H3,(H,19,22). The maximum absolute atomic E-state index is 12.9. The Morgan fingerprint density at radius 3 is 2.41 bits per heavy atom. The number of benzene rings is 1. The number of carbonyl (C=O) groups is 1. The first-order chi connectivity index (χ1) is 12.8. The van der Waals surface area contributed by atoms with E-state index in [4.69, 9.17) is 9.47 Å². The van der Waals surface area contributed by atoms with Gasteiger partial charge in [-0.05, 0) is 50.9 Å². The van der Waals surface area contributed by atoms with Gasteiger partial charge in [-0.1, -0.05) is 6.92 Å². The number of carbonyl (C=O) groups excluding carboxylic acids is 1. The van der Waals surface area contributed by atoms with Crippen molar-refractivity contribution < 1.29 is 22.7 Å². The van der Waals surface area contributed by atoms with E-state index in [2.05, 4.69) is 12.3 Å². The van der Waals surface area contributed by atoms with Gasteiger partial charge < -0.3 is 9.47 Å². The molecule has 2 rings (SSSR count). The van der Waals surface area contributed by atoms with Crippen LogP contribution in [-0.4, -0.2) is 64.0 Å². The van der Waals surface area contributed by atoms with Crippen LogP contribution in [0.3, 0.4) is 0 Å². The predicted octanol–water partition coefficient (Wildman–Crippen LogP) is 1.48. The third-order valence-electron chi connectivity index (χ3n) is 4.72. The van der Waals surface area contributed by atoms with Gasteiger partial charge in [-0.15, -0.1) is 4.41 Å². The number of sulfonamides is 1. The molecule has 0 atom stereocenters. The molecule has 1 saturated heterocycles. The van der Waals surface area contributed by atoms with Crippen molar-refractivity contribution in [1.29, 1.82) is 0 Å². The van der Waals surface area contributed by atoms with Crippen molar-refractivity contribution in [3.8, 4) is 11.5 Å². The van der Waals surface area contributed by atoms with E-state index in [-0.39, 0.29) is 23.9 Å². The zero-order chi connectivity index (χ0) is 20.0. The van der Waals surface area contributed by atoms with Gasteiger partial charge in [-0.25, -0.2) is 8.42 Å².